The summed E-state index contributed by atoms with van der Waals surface area (Å²) in [5.41, 5.74) is 10.6. The fourth-order valence-corrected chi connectivity index (χ4v) is 2.96. The SMILES string of the molecule is COC(=O)c1cc(OC(F)(F)F)c(Cl)cc1C.Cc1cc(Cl)c(OC(F)(F)F)cc1C(=O)N=C(N)N. The van der Waals surface area contributed by atoms with Crippen LogP contribution in [0.2, 0.25) is 10.0 Å². The van der Waals surface area contributed by atoms with Gasteiger partial charge in [0, 0.05) is 5.56 Å². The number of rotatable bonds is 4. The van der Waals surface area contributed by atoms with E-state index in [0.29, 0.717) is 11.1 Å². The van der Waals surface area contributed by atoms with E-state index in [2.05, 4.69) is 19.2 Å². The highest BCUT2D eigenvalue weighted by atomic mass is 35.5. The molecule has 0 aliphatic heterocycles. The third kappa shape index (κ3) is 9.70. The van der Waals surface area contributed by atoms with Crippen molar-refractivity contribution in [3.63, 3.8) is 0 Å². The van der Waals surface area contributed by atoms with Gasteiger partial charge in [-0.25, -0.2) is 4.79 Å². The number of benzene rings is 2. The normalized spacial score (nSPS) is 11.1. The summed E-state index contributed by atoms with van der Waals surface area (Å²) in [5, 5.41) is -0.511. The van der Waals surface area contributed by atoms with Gasteiger partial charge in [-0.1, -0.05) is 23.2 Å². The van der Waals surface area contributed by atoms with E-state index >= 15 is 0 Å². The van der Waals surface area contributed by atoms with Crippen LogP contribution in [0.3, 0.4) is 0 Å². The molecule has 1 amide bonds. The van der Waals surface area contributed by atoms with Gasteiger partial charge in [-0.05, 0) is 49.2 Å². The van der Waals surface area contributed by atoms with Crippen molar-refractivity contribution < 1.29 is 50.1 Å². The summed E-state index contributed by atoms with van der Waals surface area (Å²) in [6, 6.07) is 4.09. The number of ether oxygens (including phenoxy) is 3. The molecular formula is C20H17Cl2F6N3O5. The summed E-state index contributed by atoms with van der Waals surface area (Å²) in [6.07, 6.45) is -9.79. The Labute approximate surface area is 209 Å². The molecule has 2 aromatic carbocycles. The first-order chi connectivity index (χ1) is 16.3. The number of esters is 1. The number of methoxy groups -OCH3 is 1. The maximum Gasteiger partial charge on any atom is 0.573 e. The van der Waals surface area contributed by atoms with Gasteiger partial charge in [0.25, 0.3) is 5.91 Å². The summed E-state index contributed by atoms with van der Waals surface area (Å²) >= 11 is 11.2. The third-order valence-corrected chi connectivity index (χ3v) is 4.47. The van der Waals surface area contributed by atoms with Crippen LogP contribution in [-0.2, 0) is 4.74 Å². The molecule has 0 aliphatic rings. The van der Waals surface area contributed by atoms with Crippen LogP contribution in [-0.4, -0.2) is 37.7 Å². The van der Waals surface area contributed by atoms with Crippen LogP contribution in [0.15, 0.2) is 29.3 Å². The second-order valence-corrected chi connectivity index (χ2v) is 7.44. The lowest BCUT2D eigenvalue weighted by molar-refractivity contribution is -0.275. The summed E-state index contributed by atoms with van der Waals surface area (Å²) in [4.78, 5) is 26.1. The van der Waals surface area contributed by atoms with Gasteiger partial charge >= 0.3 is 18.7 Å². The van der Waals surface area contributed by atoms with Crippen LogP contribution in [0, 0.1) is 13.8 Å². The molecule has 0 fully saturated rings. The van der Waals surface area contributed by atoms with Gasteiger partial charge in [-0.15, -0.1) is 26.3 Å². The Kier molecular flexibility index (Phi) is 10.2. The smallest absolute Gasteiger partial charge is 0.465 e. The number of hydrogen-bond acceptors (Lipinski definition) is 5. The zero-order valence-electron chi connectivity index (χ0n) is 18.5. The predicted octanol–water partition coefficient (Wildman–Crippen LogP) is 5.29. The zero-order chi connectivity index (χ0) is 28.0. The lowest BCUT2D eigenvalue weighted by Crippen LogP contribution is -2.24. The number of nitrogens with zero attached hydrogens (tertiary/aromatic N) is 1. The third-order valence-electron chi connectivity index (χ3n) is 3.88. The lowest BCUT2D eigenvalue weighted by Gasteiger charge is -2.12. The fraction of sp³-hybridized carbons (Fsp3) is 0.250. The van der Waals surface area contributed by atoms with E-state index in [1.54, 1.807) is 0 Å². The van der Waals surface area contributed by atoms with Gasteiger partial charge in [0.15, 0.2) is 5.96 Å². The number of alkyl halides is 6. The molecule has 0 spiro atoms. The van der Waals surface area contributed by atoms with Crippen LogP contribution in [0.25, 0.3) is 0 Å². The average Bonchev–Trinajstić information content (AvgIpc) is 2.69. The molecule has 0 unspecified atom stereocenters. The molecule has 0 radical (unpaired) electrons. The number of aryl methyl sites for hydroxylation is 2. The summed E-state index contributed by atoms with van der Waals surface area (Å²) in [6.45, 7) is 2.99. The van der Waals surface area contributed by atoms with E-state index in [0.717, 1.165) is 25.3 Å². The summed E-state index contributed by atoms with van der Waals surface area (Å²) in [5.74, 6) is -3.48. The molecule has 0 aromatic heterocycles. The van der Waals surface area contributed by atoms with Gasteiger partial charge in [0.2, 0.25) is 0 Å². The largest absolute Gasteiger partial charge is 0.573 e. The number of carbonyl (C=O) groups excluding carboxylic acids is 2. The lowest BCUT2D eigenvalue weighted by atomic mass is 10.1. The standard InChI is InChI=1S/C10H9ClF3N3O2.C10H8ClF3O3/c1-4-2-6(11)7(19-10(12,13)14)3-5(4)8(18)17-9(15)16;1-5-3-7(11)8(17-10(12,13)14)4-6(5)9(15)16-2/h2-3H,1H3,(H4,15,16,17,18);3-4H,1-2H3. The van der Waals surface area contributed by atoms with Crippen molar-refractivity contribution in [2.45, 2.75) is 26.6 Å². The van der Waals surface area contributed by atoms with Crippen LogP contribution in [0.1, 0.15) is 31.8 Å². The maximum atomic E-state index is 12.1. The fourth-order valence-electron chi connectivity index (χ4n) is 2.45. The molecule has 0 heterocycles. The molecule has 2 rings (SSSR count). The molecule has 0 aliphatic carbocycles. The van der Waals surface area contributed by atoms with Crippen LogP contribution in [0.5, 0.6) is 11.5 Å². The summed E-state index contributed by atoms with van der Waals surface area (Å²) < 4.78 is 84.3. The van der Waals surface area contributed by atoms with Crippen molar-refractivity contribution in [2.24, 2.45) is 16.5 Å². The molecule has 36 heavy (non-hydrogen) atoms. The number of aliphatic imine (C=N–C) groups is 1. The van der Waals surface area contributed by atoms with Crippen LogP contribution >= 0.6 is 23.2 Å². The first-order valence-electron chi connectivity index (χ1n) is 9.18. The number of hydrogen-bond donors (Lipinski definition) is 2. The second-order valence-electron chi connectivity index (χ2n) is 6.62. The number of nitrogens with two attached hydrogens (primary N) is 2. The average molecular weight is 564 g/mol. The molecular weight excluding hydrogens is 547 g/mol. The number of amides is 1. The Hall–Kier alpha value is -3.39. The van der Waals surface area contributed by atoms with E-state index in [1.807, 2.05) is 0 Å². The van der Waals surface area contributed by atoms with Crippen molar-refractivity contribution >= 4 is 41.0 Å². The Morgan fingerprint density at radius 3 is 1.56 bits per heavy atom. The van der Waals surface area contributed by atoms with Crippen molar-refractivity contribution in [1.82, 2.24) is 0 Å². The van der Waals surface area contributed by atoms with E-state index in [4.69, 9.17) is 34.7 Å². The van der Waals surface area contributed by atoms with Crippen LogP contribution < -0.4 is 20.9 Å². The molecule has 16 heteroatoms. The van der Waals surface area contributed by atoms with Gasteiger partial charge < -0.3 is 25.7 Å². The number of halogens is 8. The first-order valence-corrected chi connectivity index (χ1v) is 9.94. The summed E-state index contributed by atoms with van der Waals surface area (Å²) in [7, 11) is 1.13. The van der Waals surface area contributed by atoms with Gasteiger partial charge in [0.1, 0.15) is 11.5 Å². The van der Waals surface area contributed by atoms with E-state index in [-0.39, 0.29) is 21.2 Å². The molecule has 8 nitrogen and oxygen atoms in total. The molecule has 2 aromatic rings. The van der Waals surface area contributed by atoms with Crippen molar-refractivity contribution in [3.8, 4) is 11.5 Å². The molecule has 0 atom stereocenters. The van der Waals surface area contributed by atoms with E-state index < -0.39 is 42.1 Å². The zero-order valence-corrected chi connectivity index (χ0v) is 20.0. The Balaban J connectivity index is 0.000000362. The van der Waals surface area contributed by atoms with E-state index in [9.17, 15) is 35.9 Å². The topological polar surface area (TPSA) is 126 Å². The molecule has 0 saturated carbocycles. The van der Waals surface area contributed by atoms with Gasteiger partial charge in [0.05, 0.1) is 22.7 Å². The minimum Gasteiger partial charge on any atom is -0.465 e. The van der Waals surface area contributed by atoms with Crippen molar-refractivity contribution in [1.29, 1.82) is 0 Å². The Morgan fingerprint density at radius 1 is 0.806 bits per heavy atom. The molecule has 0 saturated heterocycles. The minimum absolute atomic E-state index is 0.0313. The Bertz CT molecular complexity index is 1170. The monoisotopic (exact) mass is 563 g/mol. The second kappa shape index (κ2) is 12.0. The van der Waals surface area contributed by atoms with Gasteiger partial charge in [-0.3, -0.25) is 4.79 Å². The highest BCUT2D eigenvalue weighted by Crippen LogP contribution is 2.34. The van der Waals surface area contributed by atoms with Gasteiger partial charge in [-0.2, -0.15) is 4.99 Å². The molecule has 198 valence electrons. The maximum absolute atomic E-state index is 12.1. The van der Waals surface area contributed by atoms with Crippen molar-refractivity contribution in [2.75, 3.05) is 7.11 Å². The van der Waals surface area contributed by atoms with E-state index in [1.165, 1.54) is 19.9 Å². The quantitative estimate of drug-likeness (QED) is 0.224. The predicted molar refractivity (Wildman–Crippen MR) is 117 cm³/mol. The molecule has 0 bridgehead atoms. The highest BCUT2D eigenvalue weighted by Gasteiger charge is 2.33. The number of carbonyl (C=O) groups is 2. The highest BCUT2D eigenvalue weighted by molar-refractivity contribution is 6.32. The minimum atomic E-state index is -4.92. The first kappa shape index (κ1) is 30.6. The van der Waals surface area contributed by atoms with Crippen LogP contribution in [0.4, 0.5) is 26.3 Å². The Morgan fingerprint density at radius 2 is 1.19 bits per heavy atom. The number of guanidine groups is 1. The van der Waals surface area contributed by atoms with Crippen molar-refractivity contribution in [3.05, 3.63) is 56.6 Å². The molecule has 4 N–H and O–H groups in total.